The lowest BCUT2D eigenvalue weighted by molar-refractivity contribution is 0.182. The van der Waals surface area contributed by atoms with E-state index in [-0.39, 0.29) is 0 Å². The molecule has 1 atom stereocenters. The summed E-state index contributed by atoms with van der Waals surface area (Å²) in [7, 11) is 0. The molecule has 4 heteroatoms. The molecule has 0 amide bonds. The van der Waals surface area contributed by atoms with Gasteiger partial charge in [0.05, 0.1) is 6.10 Å². The van der Waals surface area contributed by atoms with Crippen molar-refractivity contribution in [3.63, 3.8) is 0 Å². The second-order valence-electron chi connectivity index (χ2n) is 4.16. The molecule has 1 heterocycles. The Morgan fingerprint density at radius 1 is 1.28 bits per heavy atom. The van der Waals surface area contributed by atoms with Crippen LogP contribution in [-0.4, -0.2) is 5.11 Å². The standard InChI is InChI=1S/C14H14BrClOS/c1-2-9-3-5-10(6-4-9)7-12(17)13-8-11(15)14(16)18-13/h3-6,8,12,17H,2,7H2,1H3. The Balaban J connectivity index is 2.08. The van der Waals surface area contributed by atoms with Crippen LogP contribution in [0.25, 0.3) is 0 Å². The highest BCUT2D eigenvalue weighted by molar-refractivity contribution is 9.10. The maximum absolute atomic E-state index is 10.2. The van der Waals surface area contributed by atoms with Crippen molar-refractivity contribution in [3.8, 4) is 0 Å². The van der Waals surface area contributed by atoms with Crippen LogP contribution in [0.4, 0.5) is 0 Å². The summed E-state index contributed by atoms with van der Waals surface area (Å²) in [5.41, 5.74) is 2.45. The average Bonchev–Trinajstić information content (AvgIpc) is 2.71. The largest absolute Gasteiger partial charge is 0.387 e. The zero-order chi connectivity index (χ0) is 13.1. The Bertz CT molecular complexity index is 502. The van der Waals surface area contributed by atoms with Crippen LogP contribution in [0.15, 0.2) is 34.8 Å². The SMILES string of the molecule is CCc1ccc(CC(O)c2cc(Br)c(Cl)s2)cc1. The summed E-state index contributed by atoms with van der Waals surface area (Å²) >= 11 is 10.8. The molecule has 0 bridgehead atoms. The summed E-state index contributed by atoms with van der Waals surface area (Å²) in [4.78, 5) is 0.895. The second kappa shape index (κ2) is 6.20. The fraction of sp³-hybridized carbons (Fsp3) is 0.286. The van der Waals surface area contributed by atoms with E-state index in [0.717, 1.165) is 21.3 Å². The summed E-state index contributed by atoms with van der Waals surface area (Å²) in [6, 6.07) is 10.3. The molecule has 1 unspecified atom stereocenters. The Kier molecular flexibility index (Phi) is 4.84. The van der Waals surface area contributed by atoms with E-state index < -0.39 is 6.10 Å². The van der Waals surface area contributed by atoms with Crippen molar-refractivity contribution < 1.29 is 5.11 Å². The maximum Gasteiger partial charge on any atom is 0.107 e. The Hall–Kier alpha value is -0.350. The van der Waals surface area contributed by atoms with Gasteiger partial charge in [-0.25, -0.2) is 0 Å². The summed E-state index contributed by atoms with van der Waals surface area (Å²) < 4.78 is 1.54. The molecule has 2 rings (SSSR count). The number of aryl methyl sites for hydroxylation is 1. The molecule has 0 aliphatic heterocycles. The molecular formula is C14H14BrClOS. The molecule has 1 nitrogen and oxygen atoms in total. The minimum Gasteiger partial charge on any atom is -0.387 e. The number of aliphatic hydroxyl groups is 1. The van der Waals surface area contributed by atoms with E-state index in [9.17, 15) is 5.11 Å². The zero-order valence-electron chi connectivity index (χ0n) is 9.99. The first-order valence-electron chi connectivity index (χ1n) is 5.80. The van der Waals surface area contributed by atoms with Crippen molar-refractivity contribution in [1.82, 2.24) is 0 Å². The average molecular weight is 346 g/mol. The van der Waals surface area contributed by atoms with Gasteiger partial charge in [0.2, 0.25) is 0 Å². The van der Waals surface area contributed by atoms with Gasteiger partial charge in [-0.3, -0.25) is 0 Å². The highest BCUT2D eigenvalue weighted by Gasteiger charge is 2.13. The van der Waals surface area contributed by atoms with Crippen molar-refractivity contribution >= 4 is 38.9 Å². The number of halogens is 2. The highest BCUT2D eigenvalue weighted by Crippen LogP contribution is 2.36. The number of hydrogen-bond acceptors (Lipinski definition) is 2. The van der Waals surface area contributed by atoms with Crippen LogP contribution in [0, 0.1) is 0 Å². The number of rotatable bonds is 4. The van der Waals surface area contributed by atoms with Crippen molar-refractivity contribution in [2.24, 2.45) is 0 Å². The minimum atomic E-state index is -0.494. The van der Waals surface area contributed by atoms with E-state index in [1.54, 1.807) is 0 Å². The van der Waals surface area contributed by atoms with Crippen molar-refractivity contribution in [1.29, 1.82) is 0 Å². The third-order valence-corrected chi connectivity index (χ3v) is 5.43. The molecule has 0 fully saturated rings. The first-order chi connectivity index (χ1) is 8.60. The highest BCUT2D eigenvalue weighted by atomic mass is 79.9. The van der Waals surface area contributed by atoms with E-state index in [1.807, 2.05) is 6.07 Å². The third kappa shape index (κ3) is 3.35. The van der Waals surface area contributed by atoms with Gasteiger partial charge >= 0.3 is 0 Å². The Morgan fingerprint density at radius 3 is 2.39 bits per heavy atom. The summed E-state index contributed by atoms with van der Waals surface area (Å²) in [6.45, 7) is 2.13. The predicted octanol–water partition coefficient (Wildman–Crippen LogP) is 5.00. The van der Waals surface area contributed by atoms with Gasteiger partial charge in [-0.05, 0) is 39.5 Å². The summed E-state index contributed by atoms with van der Waals surface area (Å²) in [6.07, 6.45) is 1.16. The van der Waals surface area contributed by atoms with Gasteiger partial charge in [-0.2, -0.15) is 0 Å². The van der Waals surface area contributed by atoms with E-state index >= 15 is 0 Å². The lowest BCUT2D eigenvalue weighted by Crippen LogP contribution is -1.99. The van der Waals surface area contributed by atoms with Gasteiger partial charge in [-0.1, -0.05) is 42.8 Å². The summed E-state index contributed by atoms with van der Waals surface area (Å²) in [5.74, 6) is 0. The van der Waals surface area contributed by atoms with Gasteiger partial charge in [0.25, 0.3) is 0 Å². The molecule has 1 aromatic carbocycles. The molecule has 0 aliphatic rings. The van der Waals surface area contributed by atoms with Gasteiger partial charge < -0.3 is 5.11 Å². The molecule has 18 heavy (non-hydrogen) atoms. The van der Waals surface area contributed by atoms with Crippen molar-refractivity contribution in [2.75, 3.05) is 0 Å². The van der Waals surface area contributed by atoms with Gasteiger partial charge in [0.15, 0.2) is 0 Å². The van der Waals surface area contributed by atoms with Crippen LogP contribution >= 0.6 is 38.9 Å². The van der Waals surface area contributed by atoms with Crippen LogP contribution in [0.2, 0.25) is 4.34 Å². The maximum atomic E-state index is 10.2. The first kappa shape index (κ1) is 14.1. The fourth-order valence-electron chi connectivity index (χ4n) is 1.76. The van der Waals surface area contributed by atoms with Crippen LogP contribution < -0.4 is 0 Å². The zero-order valence-corrected chi connectivity index (χ0v) is 13.1. The molecule has 0 saturated carbocycles. The van der Waals surface area contributed by atoms with Gasteiger partial charge in [-0.15, -0.1) is 11.3 Å². The van der Waals surface area contributed by atoms with E-state index in [4.69, 9.17) is 11.6 Å². The topological polar surface area (TPSA) is 20.2 Å². The summed E-state index contributed by atoms with van der Waals surface area (Å²) in [5, 5.41) is 10.2. The third-order valence-electron chi connectivity index (χ3n) is 2.85. The van der Waals surface area contributed by atoms with Crippen LogP contribution in [0.1, 0.15) is 29.0 Å². The molecule has 0 aliphatic carbocycles. The molecule has 1 N–H and O–H groups in total. The molecule has 0 saturated heterocycles. The quantitative estimate of drug-likeness (QED) is 0.826. The van der Waals surface area contributed by atoms with Gasteiger partial charge in [0.1, 0.15) is 4.34 Å². The Labute approximate surface area is 125 Å². The lowest BCUT2D eigenvalue weighted by atomic mass is 10.0. The molecule has 2 aromatic rings. The van der Waals surface area contributed by atoms with Crippen molar-refractivity contribution in [2.45, 2.75) is 25.9 Å². The first-order valence-corrected chi connectivity index (χ1v) is 7.79. The second-order valence-corrected chi connectivity index (χ2v) is 6.70. The van der Waals surface area contributed by atoms with E-state index in [2.05, 4.69) is 47.1 Å². The fourth-order valence-corrected chi connectivity index (χ4v) is 3.48. The van der Waals surface area contributed by atoms with Crippen LogP contribution in [-0.2, 0) is 12.8 Å². The Morgan fingerprint density at radius 2 is 1.89 bits per heavy atom. The monoisotopic (exact) mass is 344 g/mol. The molecule has 0 radical (unpaired) electrons. The molecule has 96 valence electrons. The molecular weight excluding hydrogens is 332 g/mol. The van der Waals surface area contributed by atoms with Gasteiger partial charge in [0, 0.05) is 15.8 Å². The number of aliphatic hydroxyl groups excluding tert-OH is 1. The van der Waals surface area contributed by atoms with Crippen LogP contribution in [0.3, 0.4) is 0 Å². The van der Waals surface area contributed by atoms with Crippen LogP contribution in [0.5, 0.6) is 0 Å². The number of hydrogen-bond donors (Lipinski definition) is 1. The lowest BCUT2D eigenvalue weighted by Gasteiger charge is -2.08. The normalized spacial score (nSPS) is 12.7. The van der Waals surface area contributed by atoms with Crippen molar-refractivity contribution in [3.05, 3.63) is 55.1 Å². The van der Waals surface area contributed by atoms with E-state index in [0.29, 0.717) is 10.8 Å². The minimum absolute atomic E-state index is 0.494. The smallest absolute Gasteiger partial charge is 0.107 e. The molecule has 1 aromatic heterocycles. The number of thiophene rings is 1. The van der Waals surface area contributed by atoms with E-state index in [1.165, 1.54) is 16.9 Å². The number of benzene rings is 1. The predicted molar refractivity (Wildman–Crippen MR) is 81.5 cm³/mol. The molecule has 0 spiro atoms.